The topological polar surface area (TPSA) is 52.3 Å². The van der Waals surface area contributed by atoms with Gasteiger partial charge in [0, 0.05) is 5.69 Å². The van der Waals surface area contributed by atoms with E-state index in [2.05, 4.69) is 4.74 Å². The second-order valence-corrected chi connectivity index (χ2v) is 3.80. The van der Waals surface area contributed by atoms with E-state index >= 15 is 0 Å². The summed E-state index contributed by atoms with van der Waals surface area (Å²) in [5.74, 6) is -0.471. The van der Waals surface area contributed by atoms with Gasteiger partial charge in [-0.15, -0.1) is 0 Å². The summed E-state index contributed by atoms with van der Waals surface area (Å²) in [7, 11) is 1.30. The summed E-state index contributed by atoms with van der Waals surface area (Å²) in [6.07, 6.45) is 0. The van der Waals surface area contributed by atoms with Crippen molar-refractivity contribution in [3.63, 3.8) is 0 Å². The van der Waals surface area contributed by atoms with Crippen LogP contribution in [0.1, 0.15) is 10.4 Å². The SMILES string of the molecule is COC(=O)c1c(Cl)ccc(N)c1I. The Hall–Kier alpha value is -0.490. The predicted octanol–water partition coefficient (Wildman–Crippen LogP) is 2.31. The van der Waals surface area contributed by atoms with E-state index in [0.717, 1.165) is 0 Å². The minimum Gasteiger partial charge on any atom is -0.465 e. The van der Waals surface area contributed by atoms with E-state index in [-0.39, 0.29) is 0 Å². The van der Waals surface area contributed by atoms with Gasteiger partial charge in [-0.1, -0.05) is 11.6 Å². The Kier molecular flexibility index (Phi) is 3.38. The molecule has 1 aromatic carbocycles. The first-order valence-corrected chi connectivity index (χ1v) is 4.85. The van der Waals surface area contributed by atoms with E-state index in [9.17, 15) is 4.79 Å². The lowest BCUT2D eigenvalue weighted by Crippen LogP contribution is -2.06. The Morgan fingerprint density at radius 1 is 1.62 bits per heavy atom. The quantitative estimate of drug-likeness (QED) is 0.492. The fourth-order valence-corrected chi connectivity index (χ4v) is 1.94. The molecule has 70 valence electrons. The van der Waals surface area contributed by atoms with Crippen molar-refractivity contribution in [3.05, 3.63) is 26.3 Å². The van der Waals surface area contributed by atoms with Crippen LogP contribution in [0.15, 0.2) is 12.1 Å². The van der Waals surface area contributed by atoms with Crippen molar-refractivity contribution in [2.75, 3.05) is 12.8 Å². The molecule has 1 aromatic rings. The molecule has 0 aliphatic heterocycles. The normalized spacial score (nSPS) is 9.77. The van der Waals surface area contributed by atoms with Crippen molar-refractivity contribution in [2.45, 2.75) is 0 Å². The minimum atomic E-state index is -0.471. The summed E-state index contributed by atoms with van der Waals surface area (Å²) in [4.78, 5) is 11.2. The van der Waals surface area contributed by atoms with E-state index in [1.165, 1.54) is 7.11 Å². The summed E-state index contributed by atoms with van der Waals surface area (Å²) in [5, 5.41) is 0.352. The highest BCUT2D eigenvalue weighted by molar-refractivity contribution is 14.1. The van der Waals surface area contributed by atoms with Gasteiger partial charge in [0.2, 0.25) is 0 Å². The van der Waals surface area contributed by atoms with Crippen LogP contribution in [-0.2, 0) is 4.74 Å². The molecule has 0 fully saturated rings. The van der Waals surface area contributed by atoms with Crippen LogP contribution in [0.2, 0.25) is 5.02 Å². The Labute approximate surface area is 94.3 Å². The number of nitrogen functional groups attached to an aromatic ring is 1. The highest BCUT2D eigenvalue weighted by Crippen LogP contribution is 2.27. The van der Waals surface area contributed by atoms with Crippen molar-refractivity contribution >= 4 is 45.8 Å². The summed E-state index contributed by atoms with van der Waals surface area (Å²) in [6.45, 7) is 0. The monoisotopic (exact) mass is 311 g/mol. The molecule has 13 heavy (non-hydrogen) atoms. The van der Waals surface area contributed by atoms with Crippen LogP contribution in [0.5, 0.6) is 0 Å². The van der Waals surface area contributed by atoms with E-state index in [0.29, 0.717) is 19.8 Å². The lowest BCUT2D eigenvalue weighted by Gasteiger charge is -2.06. The van der Waals surface area contributed by atoms with Gasteiger partial charge in [0.1, 0.15) is 0 Å². The standard InChI is InChI=1S/C8H7ClINO2/c1-13-8(12)6-4(9)2-3-5(11)7(6)10/h2-3H,11H2,1H3. The number of methoxy groups -OCH3 is 1. The number of hydrogen-bond acceptors (Lipinski definition) is 3. The molecular formula is C8H7ClINO2. The molecule has 0 radical (unpaired) electrons. The lowest BCUT2D eigenvalue weighted by atomic mass is 10.2. The van der Waals surface area contributed by atoms with Crippen LogP contribution in [-0.4, -0.2) is 13.1 Å². The van der Waals surface area contributed by atoms with Crippen LogP contribution < -0.4 is 5.73 Å². The third-order valence-electron chi connectivity index (χ3n) is 1.51. The first kappa shape index (κ1) is 10.6. The molecule has 1 rings (SSSR count). The minimum absolute atomic E-state index is 0.324. The second kappa shape index (κ2) is 4.15. The highest BCUT2D eigenvalue weighted by atomic mass is 127. The molecule has 0 unspecified atom stereocenters. The fraction of sp³-hybridized carbons (Fsp3) is 0.125. The largest absolute Gasteiger partial charge is 0.465 e. The molecule has 0 aliphatic carbocycles. The number of ether oxygens (including phenoxy) is 1. The Morgan fingerprint density at radius 3 is 2.77 bits per heavy atom. The van der Waals surface area contributed by atoms with Gasteiger partial charge in [0.25, 0.3) is 0 Å². The van der Waals surface area contributed by atoms with Gasteiger partial charge in [-0.25, -0.2) is 4.79 Å². The van der Waals surface area contributed by atoms with E-state index in [4.69, 9.17) is 17.3 Å². The number of nitrogens with two attached hydrogens (primary N) is 1. The van der Waals surface area contributed by atoms with Crippen molar-refractivity contribution in [1.82, 2.24) is 0 Å². The van der Waals surface area contributed by atoms with Crippen molar-refractivity contribution < 1.29 is 9.53 Å². The molecule has 2 N–H and O–H groups in total. The molecule has 5 heteroatoms. The summed E-state index contributed by atoms with van der Waals surface area (Å²) < 4.78 is 5.19. The molecule has 0 heterocycles. The molecular weight excluding hydrogens is 304 g/mol. The molecule has 0 atom stereocenters. The number of hydrogen-bond donors (Lipinski definition) is 1. The van der Waals surface area contributed by atoms with Crippen LogP contribution in [0.25, 0.3) is 0 Å². The molecule has 0 bridgehead atoms. The van der Waals surface area contributed by atoms with Crippen LogP contribution in [0.4, 0.5) is 5.69 Å². The molecule has 0 saturated heterocycles. The molecule has 0 aromatic heterocycles. The Morgan fingerprint density at radius 2 is 2.23 bits per heavy atom. The molecule has 0 spiro atoms. The maximum atomic E-state index is 11.2. The third-order valence-corrected chi connectivity index (χ3v) is 2.99. The van der Waals surface area contributed by atoms with Crippen LogP contribution in [0, 0.1) is 3.57 Å². The summed E-state index contributed by atoms with van der Waals surface area (Å²) in [6, 6.07) is 3.22. The smallest absolute Gasteiger partial charge is 0.340 e. The zero-order valence-electron chi connectivity index (χ0n) is 6.80. The van der Waals surface area contributed by atoms with Gasteiger partial charge in [0.15, 0.2) is 0 Å². The third kappa shape index (κ3) is 2.05. The zero-order chi connectivity index (χ0) is 10.0. The van der Waals surface area contributed by atoms with Crippen LogP contribution in [0.3, 0.4) is 0 Å². The number of anilines is 1. The fourth-order valence-electron chi connectivity index (χ4n) is 0.858. The van der Waals surface area contributed by atoms with Gasteiger partial charge in [-0.2, -0.15) is 0 Å². The number of rotatable bonds is 1. The van der Waals surface area contributed by atoms with Crippen molar-refractivity contribution in [3.8, 4) is 0 Å². The maximum absolute atomic E-state index is 11.2. The van der Waals surface area contributed by atoms with Gasteiger partial charge in [0.05, 0.1) is 21.3 Å². The highest BCUT2D eigenvalue weighted by Gasteiger charge is 2.16. The summed E-state index contributed by atoms with van der Waals surface area (Å²) >= 11 is 7.77. The average Bonchev–Trinajstić information content (AvgIpc) is 2.12. The number of benzene rings is 1. The molecule has 3 nitrogen and oxygen atoms in total. The maximum Gasteiger partial charge on any atom is 0.340 e. The van der Waals surface area contributed by atoms with Crippen LogP contribution >= 0.6 is 34.2 Å². The molecule has 0 saturated carbocycles. The van der Waals surface area contributed by atoms with Gasteiger partial charge < -0.3 is 10.5 Å². The first-order valence-electron chi connectivity index (χ1n) is 3.39. The van der Waals surface area contributed by atoms with E-state index in [1.54, 1.807) is 12.1 Å². The molecule has 0 amide bonds. The second-order valence-electron chi connectivity index (χ2n) is 2.32. The first-order chi connectivity index (χ1) is 6.07. The average molecular weight is 312 g/mol. The lowest BCUT2D eigenvalue weighted by molar-refractivity contribution is 0.0600. The number of halogens is 2. The van der Waals surface area contributed by atoms with Crippen molar-refractivity contribution in [2.24, 2.45) is 0 Å². The van der Waals surface area contributed by atoms with Gasteiger partial charge in [-0.3, -0.25) is 0 Å². The Balaban J connectivity index is 3.33. The van der Waals surface area contributed by atoms with Gasteiger partial charge >= 0.3 is 5.97 Å². The zero-order valence-corrected chi connectivity index (χ0v) is 9.72. The van der Waals surface area contributed by atoms with Crippen molar-refractivity contribution in [1.29, 1.82) is 0 Å². The predicted molar refractivity (Wildman–Crippen MR) is 59.9 cm³/mol. The summed E-state index contributed by atoms with van der Waals surface area (Å²) in [5.41, 5.74) is 6.45. The molecule has 0 aliphatic rings. The number of carbonyl (C=O) groups is 1. The Bertz CT molecular complexity index is 354. The van der Waals surface area contributed by atoms with Gasteiger partial charge in [-0.05, 0) is 34.7 Å². The number of carbonyl (C=O) groups excluding carboxylic acids is 1. The van der Waals surface area contributed by atoms with E-state index in [1.807, 2.05) is 22.6 Å². The number of esters is 1. The van der Waals surface area contributed by atoms with E-state index < -0.39 is 5.97 Å².